The number of carbonyl (C=O) groups is 1. The molecule has 1 rings (SSSR count). The molecule has 0 spiro atoms. The number of aliphatic hydroxyl groups is 2. The molecule has 0 aliphatic heterocycles. The molecule has 166 valence electrons. The molecule has 0 bridgehead atoms. The van der Waals surface area contributed by atoms with Crippen molar-refractivity contribution in [1.82, 2.24) is 9.55 Å². The number of imidazole rings is 1. The van der Waals surface area contributed by atoms with Gasteiger partial charge in [-0.15, -0.1) is 0 Å². The third kappa shape index (κ3) is 10.3. The van der Waals surface area contributed by atoms with E-state index in [1.54, 1.807) is 7.05 Å². The Bertz CT molecular complexity index is 604. The number of thioether (sulfide) groups is 1. The summed E-state index contributed by atoms with van der Waals surface area (Å²) >= 11 is 1.26. The molecule has 29 heavy (non-hydrogen) atoms. The standard InChI is InChI=1S/C22H38N2O4S/c1-3-4-5-6-7-8-9-10-11-12-13-14-15-20(19(26)17-25)29-22-23-16-18(21(27)28)24(22)2/h14-16,19-20,25-26H,3-13,17H2,1-2H3,(H,27,28). The number of unbranched alkanes of at least 4 members (excludes halogenated alkanes) is 10. The van der Waals surface area contributed by atoms with Crippen LogP contribution in [0.15, 0.2) is 23.5 Å². The molecule has 0 amide bonds. The lowest BCUT2D eigenvalue weighted by Crippen LogP contribution is -2.25. The lowest BCUT2D eigenvalue weighted by molar-refractivity contribution is 0.0685. The number of nitrogens with zero attached hydrogens (tertiary/aromatic N) is 2. The first-order valence-corrected chi connectivity index (χ1v) is 11.8. The maximum atomic E-state index is 11.1. The van der Waals surface area contributed by atoms with E-state index in [1.807, 2.05) is 12.2 Å². The lowest BCUT2D eigenvalue weighted by atomic mass is 10.1. The zero-order chi connectivity index (χ0) is 21.5. The minimum absolute atomic E-state index is 0.0964. The molecular formula is C22H38N2O4S. The molecule has 0 aliphatic carbocycles. The molecule has 0 radical (unpaired) electrons. The first kappa shape index (κ1) is 25.7. The van der Waals surface area contributed by atoms with Crippen molar-refractivity contribution in [3.8, 4) is 0 Å². The van der Waals surface area contributed by atoms with Gasteiger partial charge in [0.2, 0.25) is 0 Å². The molecule has 1 aromatic rings. The summed E-state index contributed by atoms with van der Waals surface area (Å²) in [5.74, 6) is -1.04. The zero-order valence-electron chi connectivity index (χ0n) is 17.9. The molecule has 0 fully saturated rings. The Morgan fingerprint density at radius 3 is 2.24 bits per heavy atom. The van der Waals surface area contributed by atoms with Crippen molar-refractivity contribution in [2.75, 3.05) is 6.61 Å². The van der Waals surface area contributed by atoms with Gasteiger partial charge in [0.25, 0.3) is 0 Å². The highest BCUT2D eigenvalue weighted by Gasteiger charge is 2.21. The second kappa shape index (κ2) is 15.5. The fourth-order valence-corrected chi connectivity index (χ4v) is 4.20. The minimum atomic E-state index is -1.04. The molecule has 0 saturated carbocycles. The first-order valence-electron chi connectivity index (χ1n) is 10.9. The van der Waals surface area contributed by atoms with Crippen molar-refractivity contribution < 1.29 is 20.1 Å². The van der Waals surface area contributed by atoms with Crippen molar-refractivity contribution >= 4 is 17.7 Å². The molecule has 0 aliphatic rings. The highest BCUT2D eigenvalue weighted by molar-refractivity contribution is 8.00. The molecule has 2 atom stereocenters. The number of carboxylic acid groups (broad SMARTS) is 1. The largest absolute Gasteiger partial charge is 0.477 e. The maximum absolute atomic E-state index is 11.1. The van der Waals surface area contributed by atoms with Crippen molar-refractivity contribution in [2.24, 2.45) is 7.05 Å². The minimum Gasteiger partial charge on any atom is -0.477 e. The number of hydrogen-bond donors (Lipinski definition) is 3. The molecule has 0 saturated heterocycles. The number of rotatable bonds is 17. The summed E-state index contributed by atoms with van der Waals surface area (Å²) in [5, 5.41) is 28.7. The van der Waals surface area contributed by atoms with Gasteiger partial charge in [-0.2, -0.15) is 0 Å². The monoisotopic (exact) mass is 426 g/mol. The van der Waals surface area contributed by atoms with Crippen LogP contribution in [0.5, 0.6) is 0 Å². The molecule has 3 N–H and O–H groups in total. The average molecular weight is 427 g/mol. The van der Waals surface area contributed by atoms with Gasteiger partial charge in [0.05, 0.1) is 24.2 Å². The second-order valence-electron chi connectivity index (χ2n) is 7.52. The Kier molecular flexibility index (Phi) is 13.8. The van der Waals surface area contributed by atoms with Crippen LogP contribution in [-0.4, -0.2) is 48.8 Å². The van der Waals surface area contributed by atoms with Gasteiger partial charge in [0.1, 0.15) is 5.69 Å². The Morgan fingerprint density at radius 1 is 1.14 bits per heavy atom. The highest BCUT2D eigenvalue weighted by Crippen LogP contribution is 2.26. The highest BCUT2D eigenvalue weighted by atomic mass is 32.2. The summed E-state index contributed by atoms with van der Waals surface area (Å²) in [6.07, 6.45) is 18.3. The van der Waals surface area contributed by atoms with Crippen LogP contribution in [0.1, 0.15) is 88.0 Å². The van der Waals surface area contributed by atoms with E-state index in [-0.39, 0.29) is 17.6 Å². The van der Waals surface area contributed by atoms with Crippen LogP contribution in [-0.2, 0) is 7.05 Å². The van der Waals surface area contributed by atoms with Crippen molar-refractivity contribution in [3.63, 3.8) is 0 Å². The van der Waals surface area contributed by atoms with Gasteiger partial charge < -0.3 is 19.9 Å². The van der Waals surface area contributed by atoms with E-state index >= 15 is 0 Å². The van der Waals surface area contributed by atoms with Gasteiger partial charge in [-0.25, -0.2) is 9.78 Å². The maximum Gasteiger partial charge on any atom is 0.354 e. The topological polar surface area (TPSA) is 95.6 Å². The third-order valence-electron chi connectivity index (χ3n) is 5.02. The Labute approximate surface area is 179 Å². The third-order valence-corrected chi connectivity index (χ3v) is 6.36. The fourth-order valence-electron chi connectivity index (χ4n) is 3.15. The molecule has 1 heterocycles. The number of aliphatic hydroxyl groups excluding tert-OH is 2. The number of aromatic nitrogens is 2. The first-order chi connectivity index (χ1) is 14.0. The SMILES string of the molecule is CCCCCCCCCCCCC=CC(Sc1ncc(C(=O)O)n1C)C(O)CO. The van der Waals surface area contributed by atoms with Crippen LogP contribution in [0.25, 0.3) is 0 Å². The predicted octanol–water partition coefficient (Wildman–Crippen LogP) is 4.80. The van der Waals surface area contributed by atoms with Gasteiger partial charge in [-0.05, 0) is 12.8 Å². The normalized spacial score (nSPS) is 13.8. The van der Waals surface area contributed by atoms with Gasteiger partial charge in [-0.3, -0.25) is 0 Å². The quantitative estimate of drug-likeness (QED) is 0.188. The van der Waals surface area contributed by atoms with E-state index in [4.69, 9.17) is 5.11 Å². The second-order valence-corrected chi connectivity index (χ2v) is 8.67. The zero-order valence-corrected chi connectivity index (χ0v) is 18.7. The number of allylic oxidation sites excluding steroid dienone is 1. The van der Waals surface area contributed by atoms with E-state index in [0.29, 0.717) is 5.16 Å². The van der Waals surface area contributed by atoms with E-state index in [9.17, 15) is 15.0 Å². The fraction of sp³-hybridized carbons (Fsp3) is 0.727. The average Bonchev–Trinajstić information content (AvgIpc) is 3.07. The van der Waals surface area contributed by atoms with E-state index < -0.39 is 12.1 Å². The molecule has 1 aromatic heterocycles. The summed E-state index contributed by atoms with van der Waals surface area (Å²) in [4.78, 5) is 15.3. The van der Waals surface area contributed by atoms with Crippen LogP contribution in [0.2, 0.25) is 0 Å². The Hall–Kier alpha value is -1.31. The van der Waals surface area contributed by atoms with Crippen molar-refractivity contribution in [3.05, 3.63) is 24.0 Å². The lowest BCUT2D eigenvalue weighted by Gasteiger charge is -2.17. The molecule has 6 nitrogen and oxygen atoms in total. The van der Waals surface area contributed by atoms with Crippen molar-refractivity contribution in [2.45, 2.75) is 94.1 Å². The van der Waals surface area contributed by atoms with E-state index in [1.165, 1.54) is 80.3 Å². The summed E-state index contributed by atoms with van der Waals surface area (Å²) < 4.78 is 1.49. The van der Waals surface area contributed by atoms with Crippen LogP contribution in [0.3, 0.4) is 0 Å². The van der Waals surface area contributed by atoms with Crippen LogP contribution in [0, 0.1) is 0 Å². The summed E-state index contributed by atoms with van der Waals surface area (Å²) in [6, 6.07) is 0. The number of carboxylic acids is 1. The molecule has 7 heteroatoms. The van der Waals surface area contributed by atoms with Gasteiger partial charge >= 0.3 is 5.97 Å². The molecule has 2 unspecified atom stereocenters. The van der Waals surface area contributed by atoms with Crippen LogP contribution >= 0.6 is 11.8 Å². The molecule has 0 aromatic carbocycles. The smallest absolute Gasteiger partial charge is 0.354 e. The summed E-state index contributed by atoms with van der Waals surface area (Å²) in [6.45, 7) is 1.89. The van der Waals surface area contributed by atoms with Gasteiger partial charge in [0, 0.05) is 7.05 Å². The van der Waals surface area contributed by atoms with Gasteiger partial charge in [-0.1, -0.05) is 88.6 Å². The van der Waals surface area contributed by atoms with E-state index in [0.717, 1.165) is 12.8 Å². The van der Waals surface area contributed by atoms with Crippen LogP contribution in [0.4, 0.5) is 0 Å². The number of hydrogen-bond acceptors (Lipinski definition) is 5. The summed E-state index contributed by atoms with van der Waals surface area (Å²) in [5.41, 5.74) is 0.0964. The summed E-state index contributed by atoms with van der Waals surface area (Å²) in [7, 11) is 1.63. The van der Waals surface area contributed by atoms with E-state index in [2.05, 4.69) is 11.9 Å². The van der Waals surface area contributed by atoms with Gasteiger partial charge in [0.15, 0.2) is 5.16 Å². The van der Waals surface area contributed by atoms with Crippen LogP contribution < -0.4 is 0 Å². The van der Waals surface area contributed by atoms with Crippen molar-refractivity contribution in [1.29, 1.82) is 0 Å². The Morgan fingerprint density at radius 2 is 1.72 bits per heavy atom. The molecular weight excluding hydrogens is 388 g/mol. The number of aromatic carboxylic acids is 1. The predicted molar refractivity (Wildman–Crippen MR) is 119 cm³/mol. The Balaban J connectivity index is 2.31.